The molecule has 4 aromatic rings. The standard InChI is InChI=1S/C22H19ClF2N4O5/c1-10(30)19-20-21(27-9-26-19)29(22(31)28-20)14-7-17(16(33-3)6-12(14)23)34-8-11-15(32-2)5-4-13(24)18(11)25/h4-7,9-10,30H,8H2,1-3H3,(H,28,31). The second-order valence-electron chi connectivity index (χ2n) is 7.18. The van der Waals surface area contributed by atoms with Crippen LogP contribution < -0.4 is 19.9 Å². The molecule has 4 rings (SSSR count). The molecule has 12 heteroatoms. The van der Waals surface area contributed by atoms with Crippen molar-refractivity contribution in [3.8, 4) is 22.9 Å². The van der Waals surface area contributed by atoms with Crippen LogP contribution in [-0.4, -0.2) is 38.8 Å². The molecule has 2 aromatic carbocycles. The number of aliphatic hydroxyl groups excluding tert-OH is 1. The maximum atomic E-state index is 14.4. The largest absolute Gasteiger partial charge is 0.496 e. The molecule has 1 unspecified atom stereocenters. The Morgan fingerprint density at radius 3 is 2.56 bits per heavy atom. The van der Waals surface area contributed by atoms with E-state index < -0.39 is 30.0 Å². The van der Waals surface area contributed by atoms with E-state index in [0.717, 1.165) is 6.07 Å². The predicted molar refractivity (Wildman–Crippen MR) is 119 cm³/mol. The van der Waals surface area contributed by atoms with Crippen molar-refractivity contribution in [2.24, 2.45) is 0 Å². The number of aliphatic hydroxyl groups is 1. The van der Waals surface area contributed by atoms with Crippen LogP contribution in [0.5, 0.6) is 17.2 Å². The lowest BCUT2D eigenvalue weighted by Crippen LogP contribution is -2.15. The normalized spacial score (nSPS) is 12.1. The van der Waals surface area contributed by atoms with Gasteiger partial charge in [0.15, 0.2) is 28.8 Å². The zero-order chi connectivity index (χ0) is 24.6. The molecule has 0 bridgehead atoms. The lowest BCUT2D eigenvalue weighted by atomic mass is 10.2. The number of hydrogen-bond acceptors (Lipinski definition) is 7. The summed E-state index contributed by atoms with van der Waals surface area (Å²) in [6, 6.07) is 5.05. The molecule has 1 atom stereocenters. The number of fused-ring (bicyclic) bond motifs is 1. The molecule has 2 heterocycles. The first-order valence-corrected chi connectivity index (χ1v) is 10.3. The fraction of sp³-hybridized carbons (Fsp3) is 0.227. The van der Waals surface area contributed by atoms with Gasteiger partial charge in [-0.05, 0) is 19.1 Å². The van der Waals surface area contributed by atoms with E-state index in [1.54, 1.807) is 0 Å². The number of imidazole rings is 1. The Bertz CT molecular complexity index is 1440. The molecule has 0 spiro atoms. The SMILES string of the molecule is COc1cc(Cl)c(-n2c(=O)[nH]c3c(C(C)O)ncnc32)cc1OCc1c(OC)ccc(F)c1F. The third-order valence-corrected chi connectivity index (χ3v) is 5.42. The van der Waals surface area contributed by atoms with E-state index in [1.807, 2.05) is 0 Å². The summed E-state index contributed by atoms with van der Waals surface area (Å²) in [5, 5.41) is 10.1. The minimum absolute atomic E-state index is 0.0960. The second kappa shape index (κ2) is 9.27. The summed E-state index contributed by atoms with van der Waals surface area (Å²) >= 11 is 6.43. The highest BCUT2D eigenvalue weighted by atomic mass is 35.5. The number of ether oxygens (including phenoxy) is 3. The zero-order valence-corrected chi connectivity index (χ0v) is 19.0. The van der Waals surface area contributed by atoms with Crippen molar-refractivity contribution in [1.29, 1.82) is 0 Å². The number of hydrogen-bond donors (Lipinski definition) is 2. The Hall–Kier alpha value is -3.70. The number of aromatic nitrogens is 4. The number of methoxy groups -OCH3 is 2. The summed E-state index contributed by atoms with van der Waals surface area (Å²) in [4.78, 5) is 23.6. The Kier molecular flexibility index (Phi) is 6.40. The number of nitrogens with one attached hydrogen (secondary N) is 1. The summed E-state index contributed by atoms with van der Waals surface area (Å²) in [5.74, 6) is -1.78. The van der Waals surface area contributed by atoms with Gasteiger partial charge < -0.3 is 24.3 Å². The predicted octanol–water partition coefficient (Wildman–Crippen LogP) is 3.69. The Labute approximate surface area is 196 Å². The van der Waals surface area contributed by atoms with Crippen LogP contribution in [0.25, 0.3) is 16.9 Å². The van der Waals surface area contributed by atoms with Crippen molar-refractivity contribution in [1.82, 2.24) is 19.5 Å². The molecule has 0 fully saturated rings. The lowest BCUT2D eigenvalue weighted by Gasteiger charge is -2.16. The van der Waals surface area contributed by atoms with E-state index in [1.165, 1.54) is 50.2 Å². The minimum Gasteiger partial charge on any atom is -0.496 e. The van der Waals surface area contributed by atoms with Gasteiger partial charge in [0.1, 0.15) is 24.2 Å². The molecule has 0 amide bonds. The van der Waals surface area contributed by atoms with Gasteiger partial charge in [-0.2, -0.15) is 0 Å². The summed E-state index contributed by atoms with van der Waals surface area (Å²) in [5.41, 5.74) is 0.0920. The summed E-state index contributed by atoms with van der Waals surface area (Å²) < 4.78 is 45.4. The first-order valence-electron chi connectivity index (χ1n) is 9.92. The Morgan fingerprint density at radius 2 is 1.88 bits per heavy atom. The number of rotatable bonds is 7. The summed E-state index contributed by atoms with van der Waals surface area (Å²) in [6.45, 7) is 1.10. The van der Waals surface area contributed by atoms with Crippen molar-refractivity contribution >= 4 is 22.8 Å². The topological polar surface area (TPSA) is 111 Å². The molecule has 178 valence electrons. The van der Waals surface area contributed by atoms with Gasteiger partial charge >= 0.3 is 5.69 Å². The highest BCUT2D eigenvalue weighted by molar-refractivity contribution is 6.32. The van der Waals surface area contributed by atoms with Gasteiger partial charge in [-0.25, -0.2) is 28.1 Å². The van der Waals surface area contributed by atoms with Crippen molar-refractivity contribution in [2.75, 3.05) is 14.2 Å². The first-order chi connectivity index (χ1) is 16.3. The van der Waals surface area contributed by atoms with Crippen molar-refractivity contribution in [3.05, 3.63) is 69.0 Å². The smallest absolute Gasteiger partial charge is 0.332 e. The molecular formula is C22H19ClF2N4O5. The van der Waals surface area contributed by atoms with Crippen LogP contribution in [0.1, 0.15) is 24.3 Å². The molecule has 0 saturated heterocycles. The number of aromatic amines is 1. The first kappa shape index (κ1) is 23.5. The summed E-state index contributed by atoms with van der Waals surface area (Å²) in [6.07, 6.45) is 0.250. The number of benzene rings is 2. The molecule has 0 aliphatic rings. The van der Waals surface area contributed by atoms with E-state index in [4.69, 9.17) is 25.8 Å². The Morgan fingerprint density at radius 1 is 1.15 bits per heavy atom. The fourth-order valence-corrected chi connectivity index (χ4v) is 3.73. The molecule has 2 aromatic heterocycles. The lowest BCUT2D eigenvalue weighted by molar-refractivity contribution is 0.195. The van der Waals surface area contributed by atoms with Crippen LogP contribution in [-0.2, 0) is 6.61 Å². The molecule has 0 aliphatic carbocycles. The van der Waals surface area contributed by atoms with Crippen molar-refractivity contribution < 1.29 is 28.1 Å². The average Bonchev–Trinajstić information content (AvgIpc) is 3.15. The highest BCUT2D eigenvalue weighted by Crippen LogP contribution is 2.37. The third-order valence-electron chi connectivity index (χ3n) is 5.12. The quantitative estimate of drug-likeness (QED) is 0.404. The van der Waals surface area contributed by atoms with Crippen LogP contribution in [0.3, 0.4) is 0 Å². The maximum absolute atomic E-state index is 14.4. The molecule has 2 N–H and O–H groups in total. The van der Waals surface area contributed by atoms with Gasteiger partial charge in [-0.15, -0.1) is 0 Å². The highest BCUT2D eigenvalue weighted by Gasteiger charge is 2.21. The Balaban J connectivity index is 1.82. The molecule has 0 aliphatic heterocycles. The van der Waals surface area contributed by atoms with Crippen LogP contribution in [0.4, 0.5) is 8.78 Å². The summed E-state index contributed by atoms with van der Waals surface area (Å²) in [7, 11) is 2.70. The molecule has 34 heavy (non-hydrogen) atoms. The van der Waals surface area contributed by atoms with Gasteiger partial charge in [0, 0.05) is 12.1 Å². The molecular weight excluding hydrogens is 474 g/mol. The number of nitrogens with zero attached hydrogens (tertiary/aromatic N) is 3. The van der Waals surface area contributed by atoms with E-state index in [9.17, 15) is 18.7 Å². The van der Waals surface area contributed by atoms with Crippen molar-refractivity contribution in [3.63, 3.8) is 0 Å². The van der Waals surface area contributed by atoms with Crippen LogP contribution in [0.15, 0.2) is 35.4 Å². The molecule has 0 radical (unpaired) electrons. The molecule has 0 saturated carbocycles. The maximum Gasteiger partial charge on any atom is 0.332 e. The zero-order valence-electron chi connectivity index (χ0n) is 18.2. The van der Waals surface area contributed by atoms with E-state index in [-0.39, 0.29) is 50.4 Å². The third kappa shape index (κ3) is 4.03. The van der Waals surface area contributed by atoms with E-state index >= 15 is 0 Å². The van der Waals surface area contributed by atoms with Gasteiger partial charge in [0.2, 0.25) is 0 Å². The van der Waals surface area contributed by atoms with Crippen LogP contribution >= 0.6 is 11.6 Å². The second-order valence-corrected chi connectivity index (χ2v) is 7.59. The van der Waals surface area contributed by atoms with E-state index in [0.29, 0.717) is 0 Å². The minimum atomic E-state index is -1.11. The van der Waals surface area contributed by atoms with E-state index in [2.05, 4.69) is 15.0 Å². The van der Waals surface area contributed by atoms with Crippen LogP contribution in [0.2, 0.25) is 5.02 Å². The monoisotopic (exact) mass is 492 g/mol. The van der Waals surface area contributed by atoms with Gasteiger partial charge in [-0.3, -0.25) is 0 Å². The van der Waals surface area contributed by atoms with Gasteiger partial charge in [0.25, 0.3) is 0 Å². The number of H-pyrrole nitrogens is 1. The fourth-order valence-electron chi connectivity index (χ4n) is 3.50. The molecule has 9 nitrogen and oxygen atoms in total. The average molecular weight is 493 g/mol. The van der Waals surface area contributed by atoms with Crippen LogP contribution in [0, 0.1) is 11.6 Å². The van der Waals surface area contributed by atoms with Gasteiger partial charge in [-0.1, -0.05) is 11.6 Å². The van der Waals surface area contributed by atoms with Gasteiger partial charge in [0.05, 0.1) is 42.3 Å². The number of halogens is 3. The van der Waals surface area contributed by atoms with Crippen molar-refractivity contribution in [2.45, 2.75) is 19.6 Å².